The minimum atomic E-state index is -0.655. The Kier molecular flexibility index (Phi) is 42.6. The molecule has 0 saturated heterocycles. The molecule has 0 rings (SSSR count). The van der Waals surface area contributed by atoms with Crippen LogP contribution in [-0.2, 0) is 26.7 Å². The topological polar surface area (TPSA) is 74.6 Å². The van der Waals surface area contributed by atoms with E-state index in [0.717, 1.165) is 25.7 Å². The maximum absolute atomic E-state index is 10.3. The molecule has 4 nitrogen and oxygen atoms in total. The normalized spacial score (nSPS) is 10.5. The maximum Gasteiger partial charge on any atom is 0.303 e. The maximum atomic E-state index is 10.3. The number of carboxylic acid groups (broad SMARTS) is 2. The van der Waals surface area contributed by atoms with Gasteiger partial charge in [0.1, 0.15) is 0 Å². The van der Waals surface area contributed by atoms with Crippen LogP contribution in [0.4, 0.5) is 0 Å². The van der Waals surface area contributed by atoms with E-state index in [2.05, 4.69) is 13.8 Å². The third-order valence-corrected chi connectivity index (χ3v) is 7.24. The van der Waals surface area contributed by atoms with E-state index in [9.17, 15) is 9.59 Å². The summed E-state index contributed by atoms with van der Waals surface area (Å²) >= 11 is 0. The Morgan fingerprint density at radius 3 is 0.658 bits per heavy atom. The van der Waals surface area contributed by atoms with Crippen molar-refractivity contribution in [3.63, 3.8) is 0 Å². The molecule has 0 aliphatic rings. The molecule has 0 heterocycles. The molecule has 0 aliphatic carbocycles. The number of rotatable bonds is 29. The van der Waals surface area contributed by atoms with E-state index in [-0.39, 0.29) is 17.1 Å². The molecular weight excluding hydrogens is 524 g/mol. The van der Waals surface area contributed by atoms with E-state index in [1.54, 1.807) is 0 Å². The monoisotopic (exact) mass is 589 g/mol. The third kappa shape index (κ3) is 45.4. The van der Waals surface area contributed by atoms with Crippen molar-refractivity contribution in [3.05, 3.63) is 0 Å². The summed E-state index contributed by atoms with van der Waals surface area (Å²) in [5.41, 5.74) is 0. The zero-order valence-electron chi connectivity index (χ0n) is 25.5. The molecule has 0 aromatic heterocycles. The van der Waals surface area contributed by atoms with E-state index in [1.807, 2.05) is 0 Å². The molecule has 0 aromatic carbocycles. The van der Waals surface area contributed by atoms with E-state index >= 15 is 0 Å². The second-order valence-corrected chi connectivity index (χ2v) is 11.1. The Labute approximate surface area is 248 Å². The van der Waals surface area contributed by atoms with Gasteiger partial charge in [-0.2, -0.15) is 0 Å². The van der Waals surface area contributed by atoms with E-state index < -0.39 is 11.9 Å². The number of hydrogen-bond donors (Lipinski definition) is 2. The van der Waals surface area contributed by atoms with Crippen LogP contribution in [0.5, 0.6) is 0 Å². The summed E-state index contributed by atoms with van der Waals surface area (Å²) in [4.78, 5) is 20.6. The molecule has 0 aromatic rings. The predicted molar refractivity (Wildman–Crippen MR) is 161 cm³/mol. The molecule has 1 radical (unpaired) electrons. The average Bonchev–Trinajstić information content (AvgIpc) is 2.87. The zero-order valence-corrected chi connectivity index (χ0v) is 26.5. The molecule has 0 atom stereocenters. The van der Waals surface area contributed by atoms with Crippen molar-refractivity contribution in [3.8, 4) is 0 Å². The average molecular weight is 590 g/mol. The van der Waals surface area contributed by atoms with Gasteiger partial charge in [-0.05, 0) is 12.8 Å². The fourth-order valence-electron chi connectivity index (χ4n) is 4.76. The summed E-state index contributed by atoms with van der Waals surface area (Å²) in [6.07, 6.45) is 36.0. The molecule has 0 spiro atoms. The van der Waals surface area contributed by atoms with Crippen molar-refractivity contribution in [2.45, 2.75) is 200 Å². The van der Waals surface area contributed by atoms with Crippen LogP contribution >= 0.6 is 0 Å². The van der Waals surface area contributed by atoms with Crippen molar-refractivity contribution < 1.29 is 36.9 Å². The van der Waals surface area contributed by atoms with Crippen LogP contribution in [0, 0.1) is 0 Å². The first-order chi connectivity index (χ1) is 18.0. The van der Waals surface area contributed by atoms with Crippen molar-refractivity contribution >= 4 is 11.9 Å². The Morgan fingerprint density at radius 1 is 0.342 bits per heavy atom. The first-order valence-electron chi connectivity index (χ1n) is 16.5. The zero-order chi connectivity index (χ0) is 27.7. The molecule has 38 heavy (non-hydrogen) atoms. The van der Waals surface area contributed by atoms with E-state index in [0.29, 0.717) is 12.8 Å². The number of hydrogen-bond acceptors (Lipinski definition) is 2. The fraction of sp³-hybridized carbons (Fsp3) is 0.939. The molecule has 5 heteroatoms. The summed E-state index contributed by atoms with van der Waals surface area (Å²) < 4.78 is 0. The van der Waals surface area contributed by atoms with Crippen molar-refractivity contribution in [1.82, 2.24) is 0 Å². The SMILES string of the molecule is CCCCCCCCCCCCCCCC(=O)O.CCCCCCCCCCCCCCCCC(=O)O.[Cu]. The predicted octanol–water partition coefficient (Wildman–Crippen LogP) is 11.5. The number of unbranched alkanes of at least 4 members (excludes halogenated alkanes) is 25. The molecule has 0 amide bonds. The molecule has 2 N–H and O–H groups in total. The summed E-state index contributed by atoms with van der Waals surface area (Å²) in [6.45, 7) is 4.53. The molecule has 0 unspecified atom stereocenters. The van der Waals surface area contributed by atoms with Crippen LogP contribution in [0.1, 0.15) is 200 Å². The first-order valence-corrected chi connectivity index (χ1v) is 16.5. The summed E-state index contributed by atoms with van der Waals surface area (Å²) in [7, 11) is 0. The van der Waals surface area contributed by atoms with E-state index in [4.69, 9.17) is 10.2 Å². The van der Waals surface area contributed by atoms with Gasteiger partial charge >= 0.3 is 11.9 Å². The van der Waals surface area contributed by atoms with Crippen molar-refractivity contribution in [1.29, 1.82) is 0 Å². The van der Waals surface area contributed by atoms with Crippen LogP contribution in [-0.4, -0.2) is 22.2 Å². The fourth-order valence-corrected chi connectivity index (χ4v) is 4.76. The van der Waals surface area contributed by atoms with Crippen LogP contribution in [0.2, 0.25) is 0 Å². The molecule has 0 bridgehead atoms. The minimum Gasteiger partial charge on any atom is -0.481 e. The standard InChI is InChI=1S/C17H34O2.C16H32O2.Cu/c1-2-3-4-5-6-7-8-9-10-11-12-13-14-15-16-17(18)19;1-2-3-4-5-6-7-8-9-10-11-12-13-14-15-16(17)18;/h2-16H2,1H3,(H,18,19);2-15H2,1H3,(H,17,18);. The number of carbonyl (C=O) groups is 2. The van der Waals surface area contributed by atoms with Crippen molar-refractivity contribution in [2.75, 3.05) is 0 Å². The van der Waals surface area contributed by atoms with Gasteiger partial charge in [0.2, 0.25) is 0 Å². The second-order valence-electron chi connectivity index (χ2n) is 11.1. The van der Waals surface area contributed by atoms with Crippen molar-refractivity contribution in [2.24, 2.45) is 0 Å². The van der Waals surface area contributed by atoms with Gasteiger partial charge in [0.25, 0.3) is 0 Å². The Bertz CT molecular complexity index is 456. The van der Waals surface area contributed by atoms with E-state index in [1.165, 1.54) is 148 Å². The Hall–Kier alpha value is -0.541. The molecular formula is C33H66CuO4. The largest absolute Gasteiger partial charge is 0.481 e. The van der Waals surface area contributed by atoms with Gasteiger partial charge in [0.05, 0.1) is 0 Å². The van der Waals surface area contributed by atoms with Gasteiger partial charge in [0, 0.05) is 29.9 Å². The van der Waals surface area contributed by atoms with Gasteiger partial charge in [-0.1, -0.05) is 174 Å². The molecule has 0 aliphatic heterocycles. The summed E-state index contributed by atoms with van der Waals surface area (Å²) in [5, 5.41) is 17.0. The van der Waals surface area contributed by atoms with Gasteiger partial charge in [-0.3, -0.25) is 9.59 Å². The quantitative estimate of drug-likeness (QED) is 0.0671. The van der Waals surface area contributed by atoms with Gasteiger partial charge in [-0.25, -0.2) is 0 Å². The van der Waals surface area contributed by atoms with Gasteiger partial charge in [-0.15, -0.1) is 0 Å². The Morgan fingerprint density at radius 2 is 0.500 bits per heavy atom. The van der Waals surface area contributed by atoms with Crippen LogP contribution in [0.25, 0.3) is 0 Å². The van der Waals surface area contributed by atoms with Crippen LogP contribution < -0.4 is 0 Å². The van der Waals surface area contributed by atoms with Crippen LogP contribution in [0.3, 0.4) is 0 Å². The van der Waals surface area contributed by atoms with Crippen LogP contribution in [0.15, 0.2) is 0 Å². The summed E-state index contributed by atoms with van der Waals surface area (Å²) in [6, 6.07) is 0. The number of aliphatic carboxylic acids is 2. The third-order valence-electron chi connectivity index (χ3n) is 7.24. The molecule has 0 fully saturated rings. The molecule has 233 valence electrons. The second kappa shape index (κ2) is 38.6. The smallest absolute Gasteiger partial charge is 0.303 e. The van der Waals surface area contributed by atoms with Gasteiger partial charge < -0.3 is 10.2 Å². The summed E-state index contributed by atoms with van der Waals surface area (Å²) in [5.74, 6) is -1.31. The Balaban J connectivity index is -0.000000629. The van der Waals surface area contributed by atoms with Gasteiger partial charge in [0.15, 0.2) is 0 Å². The number of carboxylic acids is 2. The first kappa shape index (κ1) is 41.9. The minimum absolute atomic E-state index is 0. The molecule has 0 saturated carbocycles.